The molecular weight excluding hydrogens is 299 g/mol. The molecule has 0 radical (unpaired) electrons. The quantitative estimate of drug-likeness (QED) is 0.622. The molecule has 0 N–H and O–H groups in total. The van der Waals surface area contributed by atoms with E-state index in [1.807, 2.05) is 0 Å². The minimum absolute atomic E-state index is 0.137. The fourth-order valence-electron chi connectivity index (χ4n) is 2.00. The number of ether oxygens (including phenoxy) is 2. The number of methoxy groups -OCH3 is 1. The summed E-state index contributed by atoms with van der Waals surface area (Å²) in [5.41, 5.74) is -3.49. The van der Waals surface area contributed by atoms with Crippen molar-refractivity contribution in [2.75, 3.05) is 7.11 Å². The van der Waals surface area contributed by atoms with Crippen LogP contribution in [0.1, 0.15) is 12.0 Å². The van der Waals surface area contributed by atoms with E-state index in [-0.39, 0.29) is 11.1 Å². The Morgan fingerprint density at radius 1 is 1.24 bits per heavy atom. The summed E-state index contributed by atoms with van der Waals surface area (Å²) >= 11 is 0. The van der Waals surface area contributed by atoms with Gasteiger partial charge in [0.15, 0.2) is 0 Å². The van der Waals surface area contributed by atoms with Crippen molar-refractivity contribution in [3.8, 4) is 0 Å². The van der Waals surface area contributed by atoms with Crippen LogP contribution in [-0.4, -0.2) is 24.9 Å². The summed E-state index contributed by atoms with van der Waals surface area (Å²) in [6, 6.07) is 2.28. The molecule has 0 bridgehead atoms. The van der Waals surface area contributed by atoms with E-state index in [2.05, 4.69) is 9.47 Å². The molecule has 0 saturated heterocycles. The molecule has 0 aliphatic carbocycles. The second-order valence-corrected chi connectivity index (χ2v) is 4.41. The number of hydrogen-bond acceptors (Lipinski definition) is 3. The van der Waals surface area contributed by atoms with Gasteiger partial charge in [-0.3, -0.25) is 0 Å². The van der Waals surface area contributed by atoms with E-state index in [1.54, 1.807) is 0 Å². The molecule has 0 saturated carbocycles. The summed E-state index contributed by atoms with van der Waals surface area (Å²) < 4.78 is 74.1. The number of esters is 1. The summed E-state index contributed by atoms with van der Waals surface area (Å²) in [5.74, 6) is -3.53. The van der Waals surface area contributed by atoms with Crippen LogP contribution in [0.4, 0.5) is 22.0 Å². The molecule has 114 valence electrons. The highest BCUT2D eigenvalue weighted by atomic mass is 19.4. The minimum atomic E-state index is -5.04. The van der Waals surface area contributed by atoms with E-state index in [9.17, 15) is 26.7 Å². The molecular formula is C13H9F5O3. The van der Waals surface area contributed by atoms with Gasteiger partial charge in [0, 0.05) is 12.5 Å². The molecule has 1 heterocycles. The number of carbonyl (C=O) groups is 1. The summed E-state index contributed by atoms with van der Waals surface area (Å²) in [4.78, 5) is 11.4. The molecule has 0 amide bonds. The predicted molar refractivity (Wildman–Crippen MR) is 60.8 cm³/mol. The van der Waals surface area contributed by atoms with Gasteiger partial charge in [-0.05, 0) is 23.3 Å². The van der Waals surface area contributed by atoms with Crippen molar-refractivity contribution >= 4 is 11.5 Å². The third-order valence-electron chi connectivity index (χ3n) is 3.05. The molecule has 1 unspecified atom stereocenters. The lowest BCUT2D eigenvalue weighted by Crippen LogP contribution is -2.52. The zero-order valence-corrected chi connectivity index (χ0v) is 10.6. The van der Waals surface area contributed by atoms with Crippen molar-refractivity contribution in [2.45, 2.75) is 18.2 Å². The van der Waals surface area contributed by atoms with E-state index in [1.165, 1.54) is 0 Å². The predicted octanol–water partition coefficient (Wildman–Crippen LogP) is 3.20. The molecule has 1 atom stereocenters. The van der Waals surface area contributed by atoms with Gasteiger partial charge in [-0.25, -0.2) is 13.6 Å². The number of rotatable bonds is 2. The van der Waals surface area contributed by atoms with Gasteiger partial charge in [0.2, 0.25) is 0 Å². The van der Waals surface area contributed by atoms with Crippen LogP contribution < -0.4 is 0 Å². The Hall–Kier alpha value is -2.12. The Morgan fingerprint density at radius 2 is 1.81 bits per heavy atom. The first-order valence-corrected chi connectivity index (χ1v) is 5.68. The number of alkyl halides is 3. The Kier molecular flexibility index (Phi) is 3.65. The highest BCUT2D eigenvalue weighted by Crippen LogP contribution is 2.46. The Balaban J connectivity index is 2.38. The molecule has 3 nitrogen and oxygen atoms in total. The van der Waals surface area contributed by atoms with Crippen LogP contribution in [0, 0.1) is 11.6 Å². The molecule has 0 fully saturated rings. The molecule has 8 heteroatoms. The highest BCUT2D eigenvalue weighted by molar-refractivity contribution is 5.86. The Morgan fingerprint density at radius 3 is 2.29 bits per heavy atom. The summed E-state index contributed by atoms with van der Waals surface area (Å²) in [6.45, 7) is 0. The standard InChI is InChI=1S/C13H9F5O3/c1-20-11(19)12(13(16,17)18)5-8(6-21-12)7-2-9(14)4-10(15)3-7/h2-4,6H,5H2,1H3. The molecule has 0 spiro atoms. The van der Waals surface area contributed by atoms with Crippen LogP contribution in [0.25, 0.3) is 5.57 Å². The van der Waals surface area contributed by atoms with Crippen molar-refractivity contribution in [1.29, 1.82) is 0 Å². The average molecular weight is 308 g/mol. The van der Waals surface area contributed by atoms with Crippen LogP contribution >= 0.6 is 0 Å². The van der Waals surface area contributed by atoms with Gasteiger partial charge in [0.25, 0.3) is 0 Å². The smallest absolute Gasteiger partial charge is 0.439 e. The largest absolute Gasteiger partial charge is 0.473 e. The topological polar surface area (TPSA) is 35.5 Å². The second kappa shape index (κ2) is 5.01. The monoisotopic (exact) mass is 308 g/mol. The molecule has 21 heavy (non-hydrogen) atoms. The van der Waals surface area contributed by atoms with Crippen molar-refractivity contribution in [3.63, 3.8) is 0 Å². The van der Waals surface area contributed by atoms with E-state index in [0.717, 1.165) is 19.2 Å². The van der Waals surface area contributed by atoms with Crippen LogP contribution in [0.3, 0.4) is 0 Å². The zero-order valence-electron chi connectivity index (χ0n) is 10.6. The van der Waals surface area contributed by atoms with Crippen LogP contribution in [0.15, 0.2) is 24.5 Å². The van der Waals surface area contributed by atoms with Crippen LogP contribution in [0.5, 0.6) is 0 Å². The molecule has 1 aromatic carbocycles. The fourth-order valence-corrected chi connectivity index (χ4v) is 2.00. The number of benzene rings is 1. The molecule has 1 aliphatic heterocycles. The Labute approximate surface area is 116 Å². The molecule has 1 aliphatic rings. The first kappa shape index (κ1) is 15.3. The van der Waals surface area contributed by atoms with Crippen molar-refractivity contribution in [3.05, 3.63) is 41.7 Å². The number of halogens is 5. The minimum Gasteiger partial charge on any atom is -0.473 e. The van der Waals surface area contributed by atoms with E-state index >= 15 is 0 Å². The summed E-state index contributed by atoms with van der Waals surface area (Å²) in [5, 5.41) is 0. The fraction of sp³-hybridized carbons (Fsp3) is 0.308. The van der Waals surface area contributed by atoms with Gasteiger partial charge in [-0.15, -0.1) is 0 Å². The van der Waals surface area contributed by atoms with Crippen molar-refractivity contribution < 1.29 is 36.2 Å². The van der Waals surface area contributed by atoms with Crippen LogP contribution in [0.2, 0.25) is 0 Å². The maximum Gasteiger partial charge on any atom is 0.439 e. The third kappa shape index (κ3) is 2.57. The summed E-state index contributed by atoms with van der Waals surface area (Å²) in [7, 11) is 0.791. The van der Waals surface area contributed by atoms with E-state index in [4.69, 9.17) is 0 Å². The van der Waals surface area contributed by atoms with Gasteiger partial charge >= 0.3 is 17.7 Å². The van der Waals surface area contributed by atoms with Gasteiger partial charge in [-0.1, -0.05) is 0 Å². The van der Waals surface area contributed by atoms with Crippen LogP contribution in [-0.2, 0) is 14.3 Å². The molecule has 1 aromatic rings. The lowest BCUT2D eigenvalue weighted by Gasteiger charge is -2.28. The second-order valence-electron chi connectivity index (χ2n) is 4.41. The van der Waals surface area contributed by atoms with Crippen molar-refractivity contribution in [2.24, 2.45) is 0 Å². The van der Waals surface area contributed by atoms with E-state index < -0.39 is 35.8 Å². The lowest BCUT2D eigenvalue weighted by atomic mass is 9.92. The SMILES string of the molecule is COC(=O)C1(C(F)(F)F)CC(c2cc(F)cc(F)c2)=CO1. The summed E-state index contributed by atoms with van der Waals surface area (Å²) in [6.07, 6.45) is -5.30. The average Bonchev–Trinajstić information content (AvgIpc) is 2.82. The van der Waals surface area contributed by atoms with Crippen molar-refractivity contribution in [1.82, 2.24) is 0 Å². The third-order valence-corrected chi connectivity index (χ3v) is 3.05. The van der Waals surface area contributed by atoms with Gasteiger partial charge in [-0.2, -0.15) is 13.2 Å². The maximum absolute atomic E-state index is 13.1. The molecule has 0 aromatic heterocycles. The van der Waals surface area contributed by atoms with Gasteiger partial charge in [0.05, 0.1) is 13.4 Å². The Bertz CT molecular complexity index is 588. The van der Waals surface area contributed by atoms with E-state index in [0.29, 0.717) is 12.3 Å². The zero-order chi connectivity index (χ0) is 15.8. The first-order valence-electron chi connectivity index (χ1n) is 5.68. The highest BCUT2D eigenvalue weighted by Gasteiger charge is 2.66. The van der Waals surface area contributed by atoms with Gasteiger partial charge in [0.1, 0.15) is 11.6 Å². The first-order chi connectivity index (χ1) is 9.69. The number of hydrogen-bond donors (Lipinski definition) is 0. The molecule has 2 rings (SSSR count). The maximum atomic E-state index is 13.1. The normalized spacial score (nSPS) is 21.7. The lowest BCUT2D eigenvalue weighted by molar-refractivity contribution is -0.256. The number of carbonyl (C=O) groups excluding carboxylic acids is 1. The van der Waals surface area contributed by atoms with Gasteiger partial charge < -0.3 is 9.47 Å².